The second-order valence-electron chi connectivity index (χ2n) is 5.97. The fourth-order valence-electron chi connectivity index (χ4n) is 3.16. The molecule has 5 heteroatoms. The minimum absolute atomic E-state index is 0.0924. The van der Waals surface area contributed by atoms with Gasteiger partial charge in [-0.2, -0.15) is 0 Å². The number of halogens is 3. The molecule has 0 aliphatic heterocycles. The van der Waals surface area contributed by atoms with Crippen LogP contribution in [0.25, 0.3) is 0 Å². The first-order valence-electron chi connectivity index (χ1n) is 7.70. The van der Waals surface area contributed by atoms with Gasteiger partial charge in [-0.3, -0.25) is 11.3 Å². The Labute approximate surface area is 133 Å². The Balaban J connectivity index is 1.94. The SMILES string of the molecule is NNC(CCC1CCCCC1)Cc1c(F)ccc(Br)c1F. The van der Waals surface area contributed by atoms with Gasteiger partial charge in [0.2, 0.25) is 0 Å². The quantitative estimate of drug-likeness (QED) is 0.446. The maximum Gasteiger partial charge on any atom is 0.143 e. The minimum Gasteiger partial charge on any atom is -0.271 e. The predicted molar refractivity (Wildman–Crippen MR) is 84.7 cm³/mol. The van der Waals surface area contributed by atoms with Crippen molar-refractivity contribution >= 4 is 15.9 Å². The Morgan fingerprint density at radius 1 is 1.24 bits per heavy atom. The number of hydrazine groups is 1. The van der Waals surface area contributed by atoms with Crippen LogP contribution in [-0.4, -0.2) is 6.04 Å². The van der Waals surface area contributed by atoms with Gasteiger partial charge in [-0.05, 0) is 53.2 Å². The van der Waals surface area contributed by atoms with Crippen LogP contribution < -0.4 is 11.3 Å². The molecule has 1 aliphatic rings. The van der Waals surface area contributed by atoms with Crippen LogP contribution in [0.2, 0.25) is 0 Å². The lowest BCUT2D eigenvalue weighted by Gasteiger charge is -2.24. The minimum atomic E-state index is -0.520. The maximum atomic E-state index is 14.0. The molecule has 0 radical (unpaired) electrons. The van der Waals surface area contributed by atoms with E-state index in [1.165, 1.54) is 44.2 Å². The van der Waals surface area contributed by atoms with Crippen molar-refractivity contribution in [3.63, 3.8) is 0 Å². The molecule has 1 aliphatic carbocycles. The van der Waals surface area contributed by atoms with E-state index in [1.54, 1.807) is 0 Å². The van der Waals surface area contributed by atoms with Crippen molar-refractivity contribution in [1.29, 1.82) is 0 Å². The van der Waals surface area contributed by atoms with Crippen molar-refractivity contribution in [1.82, 2.24) is 5.43 Å². The number of hydrogen-bond donors (Lipinski definition) is 2. The third-order valence-corrected chi connectivity index (χ3v) is 5.09. The van der Waals surface area contributed by atoms with Crippen LogP contribution in [0, 0.1) is 17.6 Å². The Morgan fingerprint density at radius 3 is 2.62 bits per heavy atom. The van der Waals surface area contributed by atoms with Gasteiger partial charge in [0, 0.05) is 11.6 Å². The van der Waals surface area contributed by atoms with E-state index in [2.05, 4.69) is 21.4 Å². The summed E-state index contributed by atoms with van der Waals surface area (Å²) in [5.41, 5.74) is 2.82. The van der Waals surface area contributed by atoms with E-state index in [4.69, 9.17) is 5.84 Å². The van der Waals surface area contributed by atoms with Crippen LogP contribution in [0.5, 0.6) is 0 Å². The summed E-state index contributed by atoms with van der Waals surface area (Å²) in [7, 11) is 0. The van der Waals surface area contributed by atoms with Gasteiger partial charge in [0.05, 0.1) is 4.47 Å². The molecule has 118 valence electrons. The molecule has 1 aromatic carbocycles. The largest absolute Gasteiger partial charge is 0.271 e. The van der Waals surface area contributed by atoms with E-state index in [-0.39, 0.29) is 18.0 Å². The average molecular weight is 361 g/mol. The fraction of sp³-hybridized carbons (Fsp3) is 0.625. The molecule has 1 fully saturated rings. The number of benzene rings is 1. The number of nitrogens with two attached hydrogens (primary N) is 1. The molecule has 0 heterocycles. The normalized spacial score (nSPS) is 17.9. The summed E-state index contributed by atoms with van der Waals surface area (Å²) in [6.45, 7) is 0. The van der Waals surface area contributed by atoms with E-state index >= 15 is 0 Å². The first-order valence-corrected chi connectivity index (χ1v) is 8.49. The highest BCUT2D eigenvalue weighted by atomic mass is 79.9. The van der Waals surface area contributed by atoms with Crippen molar-refractivity contribution in [3.05, 3.63) is 33.8 Å². The second kappa shape index (κ2) is 8.20. The number of rotatable bonds is 6. The van der Waals surface area contributed by atoms with E-state index < -0.39 is 11.6 Å². The van der Waals surface area contributed by atoms with E-state index in [0.29, 0.717) is 4.47 Å². The van der Waals surface area contributed by atoms with Gasteiger partial charge in [0.15, 0.2) is 0 Å². The summed E-state index contributed by atoms with van der Waals surface area (Å²) in [4.78, 5) is 0. The highest BCUT2D eigenvalue weighted by Crippen LogP contribution is 2.29. The summed E-state index contributed by atoms with van der Waals surface area (Å²) >= 11 is 3.10. The lowest BCUT2D eigenvalue weighted by Crippen LogP contribution is -2.37. The average Bonchev–Trinajstić information content (AvgIpc) is 2.51. The molecule has 3 N–H and O–H groups in total. The van der Waals surface area contributed by atoms with Crippen molar-refractivity contribution in [2.75, 3.05) is 0 Å². The van der Waals surface area contributed by atoms with Gasteiger partial charge in [0.25, 0.3) is 0 Å². The fourth-order valence-corrected chi connectivity index (χ4v) is 3.53. The van der Waals surface area contributed by atoms with Crippen molar-refractivity contribution in [3.8, 4) is 0 Å². The molecule has 0 amide bonds. The number of hydrogen-bond acceptors (Lipinski definition) is 2. The lowest BCUT2D eigenvalue weighted by atomic mass is 9.84. The van der Waals surface area contributed by atoms with Gasteiger partial charge in [-0.25, -0.2) is 8.78 Å². The van der Waals surface area contributed by atoms with Crippen LogP contribution in [0.1, 0.15) is 50.5 Å². The molecule has 0 aromatic heterocycles. The van der Waals surface area contributed by atoms with Crippen molar-refractivity contribution in [2.24, 2.45) is 11.8 Å². The van der Waals surface area contributed by atoms with Gasteiger partial charge in [0.1, 0.15) is 11.6 Å². The number of nitrogens with one attached hydrogen (secondary N) is 1. The summed E-state index contributed by atoms with van der Waals surface area (Å²) < 4.78 is 28.1. The molecule has 0 bridgehead atoms. The molecule has 2 nitrogen and oxygen atoms in total. The first-order chi connectivity index (χ1) is 10.1. The topological polar surface area (TPSA) is 38.0 Å². The molecule has 21 heavy (non-hydrogen) atoms. The Hall–Kier alpha value is -0.520. The first kappa shape index (κ1) is 16.8. The highest BCUT2D eigenvalue weighted by molar-refractivity contribution is 9.10. The molecule has 2 rings (SSSR count). The summed E-state index contributed by atoms with van der Waals surface area (Å²) in [5.74, 6) is 5.28. The van der Waals surface area contributed by atoms with E-state index in [0.717, 1.165) is 18.8 Å². The van der Waals surface area contributed by atoms with Crippen LogP contribution in [0.4, 0.5) is 8.78 Å². The van der Waals surface area contributed by atoms with Crippen LogP contribution >= 0.6 is 15.9 Å². The molecule has 1 atom stereocenters. The van der Waals surface area contributed by atoms with Crippen LogP contribution in [0.3, 0.4) is 0 Å². The third kappa shape index (κ3) is 4.73. The monoisotopic (exact) mass is 360 g/mol. The van der Waals surface area contributed by atoms with Crippen molar-refractivity contribution < 1.29 is 8.78 Å². The molecular formula is C16H23BrF2N2. The third-order valence-electron chi connectivity index (χ3n) is 4.47. The Bertz CT molecular complexity index is 462. The van der Waals surface area contributed by atoms with Gasteiger partial charge in [-0.15, -0.1) is 0 Å². The van der Waals surface area contributed by atoms with Crippen LogP contribution in [0.15, 0.2) is 16.6 Å². The lowest BCUT2D eigenvalue weighted by molar-refractivity contribution is 0.311. The zero-order valence-electron chi connectivity index (χ0n) is 12.2. The molecule has 1 unspecified atom stereocenters. The van der Waals surface area contributed by atoms with Gasteiger partial charge in [-0.1, -0.05) is 32.1 Å². The van der Waals surface area contributed by atoms with Crippen molar-refractivity contribution in [2.45, 2.75) is 57.4 Å². The summed E-state index contributed by atoms with van der Waals surface area (Å²) in [6.07, 6.45) is 8.71. The zero-order chi connectivity index (χ0) is 15.2. The van der Waals surface area contributed by atoms with E-state index in [1.807, 2.05) is 0 Å². The predicted octanol–water partition coefficient (Wildman–Crippen LogP) is 4.46. The smallest absolute Gasteiger partial charge is 0.143 e. The molecule has 1 saturated carbocycles. The Kier molecular flexibility index (Phi) is 6.58. The molecule has 1 aromatic rings. The van der Waals surface area contributed by atoms with E-state index in [9.17, 15) is 8.78 Å². The summed E-state index contributed by atoms with van der Waals surface area (Å²) in [5, 5.41) is 0. The highest BCUT2D eigenvalue weighted by Gasteiger charge is 2.19. The van der Waals surface area contributed by atoms with Gasteiger partial charge >= 0.3 is 0 Å². The molecule has 0 spiro atoms. The standard InChI is InChI=1S/C16H23BrF2N2/c17-14-8-9-15(18)13(16(14)19)10-12(21-20)7-6-11-4-2-1-3-5-11/h8-9,11-12,21H,1-7,10,20H2. The maximum absolute atomic E-state index is 14.0. The molecular weight excluding hydrogens is 338 g/mol. The second-order valence-corrected chi connectivity index (χ2v) is 6.83. The zero-order valence-corrected chi connectivity index (χ0v) is 13.8. The van der Waals surface area contributed by atoms with Gasteiger partial charge < -0.3 is 0 Å². The van der Waals surface area contributed by atoms with Crippen LogP contribution in [-0.2, 0) is 6.42 Å². The Morgan fingerprint density at radius 2 is 1.95 bits per heavy atom. The summed E-state index contributed by atoms with van der Waals surface area (Å²) in [6, 6.07) is 2.59. The molecule has 0 saturated heterocycles.